The molecule has 0 atom stereocenters. The van der Waals surface area contributed by atoms with Crippen LogP contribution in [0, 0.1) is 0 Å². The van der Waals surface area contributed by atoms with E-state index in [0.717, 1.165) is 53.5 Å². The SMILES string of the molecule is CCc1ccccc1NC(=O)Cn1cc(-c2cccc(OC)c2)c(N2CCOCC2)n1. The quantitative estimate of drug-likeness (QED) is 0.633. The Balaban J connectivity index is 1.60. The van der Waals surface area contributed by atoms with Gasteiger partial charge in [-0.1, -0.05) is 37.3 Å². The fraction of sp³-hybridized carbons (Fsp3) is 0.333. The lowest BCUT2D eigenvalue weighted by Crippen LogP contribution is -2.36. The molecule has 0 unspecified atom stereocenters. The number of methoxy groups -OCH3 is 1. The number of carbonyl (C=O) groups is 1. The van der Waals surface area contributed by atoms with Crippen molar-refractivity contribution in [3.05, 3.63) is 60.3 Å². The lowest BCUT2D eigenvalue weighted by molar-refractivity contribution is -0.116. The van der Waals surface area contributed by atoms with E-state index in [1.54, 1.807) is 11.8 Å². The summed E-state index contributed by atoms with van der Waals surface area (Å²) < 4.78 is 12.6. The highest BCUT2D eigenvalue weighted by atomic mass is 16.5. The second-order valence-electron chi connectivity index (χ2n) is 7.45. The molecule has 2 heterocycles. The molecular weight excluding hydrogens is 392 g/mol. The molecular formula is C24H28N4O3. The average Bonchev–Trinajstić information content (AvgIpc) is 3.23. The molecule has 7 nitrogen and oxygen atoms in total. The number of nitrogens with one attached hydrogen (secondary N) is 1. The van der Waals surface area contributed by atoms with E-state index in [2.05, 4.69) is 17.1 Å². The molecule has 162 valence electrons. The number of para-hydroxylation sites is 1. The van der Waals surface area contributed by atoms with Gasteiger partial charge in [0.25, 0.3) is 0 Å². The van der Waals surface area contributed by atoms with Crippen molar-refractivity contribution in [1.29, 1.82) is 0 Å². The monoisotopic (exact) mass is 420 g/mol. The molecule has 1 aromatic heterocycles. The van der Waals surface area contributed by atoms with Crippen molar-refractivity contribution in [3.63, 3.8) is 0 Å². The molecule has 0 aliphatic carbocycles. The third-order valence-corrected chi connectivity index (χ3v) is 5.41. The molecule has 0 spiro atoms. The summed E-state index contributed by atoms with van der Waals surface area (Å²) in [4.78, 5) is 15.0. The highest BCUT2D eigenvalue weighted by Crippen LogP contribution is 2.32. The van der Waals surface area contributed by atoms with Crippen molar-refractivity contribution in [3.8, 4) is 16.9 Å². The summed E-state index contributed by atoms with van der Waals surface area (Å²) in [6, 6.07) is 15.8. The van der Waals surface area contributed by atoms with Crippen molar-refractivity contribution in [2.45, 2.75) is 19.9 Å². The Morgan fingerprint density at radius 2 is 1.97 bits per heavy atom. The minimum atomic E-state index is -0.103. The lowest BCUT2D eigenvalue weighted by atomic mass is 10.1. The minimum Gasteiger partial charge on any atom is -0.497 e. The molecule has 4 rings (SSSR count). The van der Waals surface area contributed by atoms with E-state index >= 15 is 0 Å². The number of aromatic nitrogens is 2. The van der Waals surface area contributed by atoms with Crippen LogP contribution in [-0.2, 0) is 22.5 Å². The molecule has 1 amide bonds. The number of morpholine rings is 1. The summed E-state index contributed by atoms with van der Waals surface area (Å²) in [6.45, 7) is 5.08. The number of ether oxygens (including phenoxy) is 2. The van der Waals surface area contributed by atoms with Crippen LogP contribution in [0.1, 0.15) is 12.5 Å². The number of hydrogen-bond acceptors (Lipinski definition) is 5. The first-order valence-electron chi connectivity index (χ1n) is 10.6. The molecule has 3 aromatic rings. The number of hydrogen-bond donors (Lipinski definition) is 1. The van der Waals surface area contributed by atoms with Gasteiger partial charge in [-0.2, -0.15) is 5.10 Å². The molecule has 2 aromatic carbocycles. The second kappa shape index (κ2) is 9.66. The van der Waals surface area contributed by atoms with Gasteiger partial charge >= 0.3 is 0 Å². The van der Waals surface area contributed by atoms with E-state index in [1.165, 1.54) is 0 Å². The Hall–Kier alpha value is -3.32. The Morgan fingerprint density at radius 1 is 1.16 bits per heavy atom. The first-order valence-corrected chi connectivity index (χ1v) is 10.6. The minimum absolute atomic E-state index is 0.103. The molecule has 1 saturated heterocycles. The maximum Gasteiger partial charge on any atom is 0.246 e. The standard InChI is InChI=1S/C24H28N4O3/c1-3-18-7-4-5-10-22(18)25-23(29)17-28-16-21(19-8-6-9-20(15-19)30-2)24(26-28)27-11-13-31-14-12-27/h4-10,15-16H,3,11-14,17H2,1-2H3,(H,25,29). The van der Waals surface area contributed by atoms with E-state index in [-0.39, 0.29) is 12.5 Å². The summed E-state index contributed by atoms with van der Waals surface area (Å²) in [5, 5.41) is 7.80. The molecule has 1 fully saturated rings. The first-order chi connectivity index (χ1) is 15.2. The normalized spacial score (nSPS) is 13.8. The van der Waals surface area contributed by atoms with Crippen LogP contribution in [0.25, 0.3) is 11.1 Å². The van der Waals surface area contributed by atoms with Gasteiger partial charge in [-0.15, -0.1) is 0 Å². The summed E-state index contributed by atoms with van der Waals surface area (Å²) in [5.74, 6) is 1.54. The van der Waals surface area contributed by atoms with Crippen LogP contribution < -0.4 is 15.0 Å². The van der Waals surface area contributed by atoms with Crippen LogP contribution in [-0.4, -0.2) is 49.1 Å². The Labute approximate surface area is 182 Å². The Morgan fingerprint density at radius 3 is 2.74 bits per heavy atom. The van der Waals surface area contributed by atoms with E-state index in [0.29, 0.717) is 13.2 Å². The van der Waals surface area contributed by atoms with Crippen molar-refractivity contribution < 1.29 is 14.3 Å². The molecule has 0 bridgehead atoms. The van der Waals surface area contributed by atoms with Gasteiger partial charge in [-0.05, 0) is 35.7 Å². The van der Waals surface area contributed by atoms with Crippen LogP contribution in [0.15, 0.2) is 54.7 Å². The molecule has 31 heavy (non-hydrogen) atoms. The molecule has 1 aliphatic rings. The van der Waals surface area contributed by atoms with Gasteiger partial charge in [0.15, 0.2) is 5.82 Å². The topological polar surface area (TPSA) is 68.6 Å². The Bertz CT molecular complexity index is 1040. The van der Waals surface area contributed by atoms with Gasteiger partial charge in [-0.3, -0.25) is 9.48 Å². The van der Waals surface area contributed by atoms with Crippen LogP contribution in [0.5, 0.6) is 5.75 Å². The zero-order valence-electron chi connectivity index (χ0n) is 18.0. The molecule has 7 heteroatoms. The molecule has 1 aliphatic heterocycles. The van der Waals surface area contributed by atoms with Gasteiger partial charge in [0, 0.05) is 30.5 Å². The number of benzene rings is 2. The van der Waals surface area contributed by atoms with Gasteiger partial charge in [0.1, 0.15) is 12.3 Å². The first kappa shape index (κ1) is 20.9. The van der Waals surface area contributed by atoms with E-state index in [9.17, 15) is 4.79 Å². The summed E-state index contributed by atoms with van der Waals surface area (Å²) in [7, 11) is 1.66. The van der Waals surface area contributed by atoms with E-state index in [1.807, 2.05) is 54.7 Å². The fourth-order valence-electron chi connectivity index (χ4n) is 3.78. The highest BCUT2D eigenvalue weighted by Gasteiger charge is 2.21. The fourth-order valence-corrected chi connectivity index (χ4v) is 3.78. The number of aryl methyl sites for hydroxylation is 1. The zero-order chi connectivity index (χ0) is 21.6. The Kier molecular flexibility index (Phi) is 6.52. The maximum absolute atomic E-state index is 12.8. The predicted octanol–water partition coefficient (Wildman–Crippen LogP) is 3.60. The average molecular weight is 421 g/mol. The summed E-state index contributed by atoms with van der Waals surface area (Å²) in [6.07, 6.45) is 2.80. The number of amides is 1. The smallest absolute Gasteiger partial charge is 0.246 e. The third-order valence-electron chi connectivity index (χ3n) is 5.41. The van der Waals surface area contributed by atoms with Crippen LogP contribution >= 0.6 is 0 Å². The lowest BCUT2D eigenvalue weighted by Gasteiger charge is -2.27. The zero-order valence-corrected chi connectivity index (χ0v) is 18.0. The van der Waals surface area contributed by atoms with Crippen molar-refractivity contribution in [2.75, 3.05) is 43.6 Å². The number of nitrogens with zero attached hydrogens (tertiary/aromatic N) is 3. The number of anilines is 2. The maximum atomic E-state index is 12.8. The van der Waals surface area contributed by atoms with Gasteiger partial charge in [0.05, 0.1) is 20.3 Å². The van der Waals surface area contributed by atoms with Crippen LogP contribution in [0.2, 0.25) is 0 Å². The second-order valence-corrected chi connectivity index (χ2v) is 7.45. The van der Waals surface area contributed by atoms with Gasteiger partial charge < -0.3 is 19.7 Å². The number of carbonyl (C=O) groups excluding carboxylic acids is 1. The highest BCUT2D eigenvalue weighted by molar-refractivity contribution is 5.91. The van der Waals surface area contributed by atoms with Crippen molar-refractivity contribution in [2.24, 2.45) is 0 Å². The van der Waals surface area contributed by atoms with Crippen molar-refractivity contribution >= 4 is 17.4 Å². The van der Waals surface area contributed by atoms with Crippen LogP contribution in [0.3, 0.4) is 0 Å². The molecule has 0 radical (unpaired) electrons. The molecule has 0 saturated carbocycles. The van der Waals surface area contributed by atoms with E-state index < -0.39 is 0 Å². The number of rotatable bonds is 7. The predicted molar refractivity (Wildman–Crippen MR) is 122 cm³/mol. The van der Waals surface area contributed by atoms with E-state index in [4.69, 9.17) is 14.6 Å². The summed E-state index contributed by atoms with van der Waals surface area (Å²) in [5.41, 5.74) is 3.94. The van der Waals surface area contributed by atoms with Crippen LogP contribution in [0.4, 0.5) is 11.5 Å². The largest absolute Gasteiger partial charge is 0.497 e. The molecule has 1 N–H and O–H groups in total. The van der Waals surface area contributed by atoms with Gasteiger partial charge in [-0.25, -0.2) is 0 Å². The van der Waals surface area contributed by atoms with Gasteiger partial charge in [0.2, 0.25) is 5.91 Å². The summed E-state index contributed by atoms with van der Waals surface area (Å²) >= 11 is 0. The third kappa shape index (κ3) is 4.88. The van der Waals surface area contributed by atoms with Crippen molar-refractivity contribution in [1.82, 2.24) is 9.78 Å².